The fourth-order valence-corrected chi connectivity index (χ4v) is 7.51. The number of benzene rings is 2. The zero-order valence-corrected chi connectivity index (χ0v) is 18.1. The van der Waals surface area contributed by atoms with Crippen molar-refractivity contribution in [1.29, 1.82) is 0 Å². The number of aliphatic hydroxyl groups is 1. The Hall–Kier alpha value is -2.59. The van der Waals surface area contributed by atoms with E-state index in [1.54, 1.807) is 0 Å². The van der Waals surface area contributed by atoms with E-state index >= 15 is 0 Å². The smallest absolute Gasteiger partial charge is 0.130 e. The predicted molar refractivity (Wildman–Crippen MR) is 124 cm³/mol. The average molecular weight is 413 g/mol. The summed E-state index contributed by atoms with van der Waals surface area (Å²) < 4.78 is 6.60. The van der Waals surface area contributed by atoms with Crippen molar-refractivity contribution in [3.8, 4) is 5.75 Å². The highest BCUT2D eigenvalue weighted by atomic mass is 16.5. The third-order valence-electron chi connectivity index (χ3n) is 8.59. The molecule has 4 bridgehead atoms. The van der Waals surface area contributed by atoms with Gasteiger partial charge in [0.05, 0.1) is 5.52 Å². The quantitative estimate of drug-likeness (QED) is 0.437. The highest BCUT2D eigenvalue weighted by molar-refractivity contribution is 6.16. The Kier molecular flexibility index (Phi) is 3.49. The molecule has 4 aliphatic carbocycles. The summed E-state index contributed by atoms with van der Waals surface area (Å²) in [5, 5.41) is 16.3. The van der Waals surface area contributed by atoms with Gasteiger partial charge in [-0.15, -0.1) is 0 Å². The second-order valence-electron chi connectivity index (χ2n) is 10.5. The van der Waals surface area contributed by atoms with E-state index in [-0.39, 0.29) is 6.10 Å². The lowest BCUT2D eigenvalue weighted by molar-refractivity contribution is -0.194. The summed E-state index contributed by atoms with van der Waals surface area (Å²) in [5.74, 6) is 2.77. The van der Waals surface area contributed by atoms with Crippen LogP contribution in [0.15, 0.2) is 36.7 Å². The standard InChI is InChI=1S/C27H28N2O2/c1-14-22-13-28-6-5-20(22)15(2)25-24(14)21-10-19(3-4-23(21)29-25)31-26-18-8-16-7-17(9-18)12-27(26,30)11-16/h3-6,10,13,16-18,26,29-30H,7-9,11-12H2,1-2H3. The van der Waals surface area contributed by atoms with Crippen LogP contribution in [0.1, 0.15) is 43.2 Å². The Bertz CT molecular complexity index is 1360. The molecule has 2 heterocycles. The Morgan fingerprint density at radius 1 is 1.00 bits per heavy atom. The maximum Gasteiger partial charge on any atom is 0.130 e. The van der Waals surface area contributed by atoms with Gasteiger partial charge in [-0.2, -0.15) is 0 Å². The topological polar surface area (TPSA) is 58.1 Å². The molecule has 0 saturated heterocycles. The number of hydrogen-bond acceptors (Lipinski definition) is 3. The molecule has 4 nitrogen and oxygen atoms in total. The number of aryl methyl sites for hydroxylation is 2. The van der Waals surface area contributed by atoms with Crippen LogP contribution in [0.4, 0.5) is 0 Å². The summed E-state index contributed by atoms with van der Waals surface area (Å²) in [6.07, 6.45) is 9.34. The number of H-pyrrole nitrogens is 1. The van der Waals surface area contributed by atoms with Gasteiger partial charge in [-0.05, 0) is 104 Å². The van der Waals surface area contributed by atoms with Crippen LogP contribution in [-0.4, -0.2) is 26.8 Å². The highest BCUT2D eigenvalue weighted by Gasteiger charge is 2.57. The van der Waals surface area contributed by atoms with Crippen LogP contribution in [0.5, 0.6) is 5.75 Å². The van der Waals surface area contributed by atoms with Gasteiger partial charge in [-0.3, -0.25) is 4.98 Å². The van der Waals surface area contributed by atoms with Gasteiger partial charge >= 0.3 is 0 Å². The fraction of sp³-hybridized carbons (Fsp3) is 0.444. The van der Waals surface area contributed by atoms with Crippen molar-refractivity contribution < 1.29 is 9.84 Å². The SMILES string of the molecule is Cc1c2ccncc2c(C)c2c1[nH]c1ccc(OC3C4CC5CC(C4)CC3(O)C5)cc12. The van der Waals surface area contributed by atoms with Crippen molar-refractivity contribution in [3.05, 3.63) is 47.8 Å². The number of nitrogens with zero attached hydrogens (tertiary/aromatic N) is 1. The molecular weight excluding hydrogens is 384 g/mol. The van der Waals surface area contributed by atoms with Crippen LogP contribution in [0.2, 0.25) is 0 Å². The minimum absolute atomic E-state index is 0.0733. The van der Waals surface area contributed by atoms with Crippen molar-refractivity contribution in [2.45, 2.75) is 57.7 Å². The lowest BCUT2D eigenvalue weighted by Gasteiger charge is -2.58. The number of aromatic nitrogens is 2. The number of pyridine rings is 1. The molecule has 4 saturated carbocycles. The molecule has 31 heavy (non-hydrogen) atoms. The van der Waals surface area contributed by atoms with Crippen molar-refractivity contribution >= 4 is 32.6 Å². The van der Waals surface area contributed by atoms with Crippen LogP contribution in [0.3, 0.4) is 0 Å². The Balaban J connectivity index is 1.36. The minimum atomic E-state index is -0.641. The molecule has 2 aromatic carbocycles. The Labute approximate surface area is 181 Å². The van der Waals surface area contributed by atoms with E-state index in [1.807, 2.05) is 12.4 Å². The predicted octanol–water partition coefficient (Wildman–Crippen LogP) is 5.80. The first-order valence-corrected chi connectivity index (χ1v) is 11.7. The van der Waals surface area contributed by atoms with Gasteiger partial charge in [-0.1, -0.05) is 0 Å². The first-order valence-electron chi connectivity index (χ1n) is 11.7. The molecular formula is C27H28N2O2. The van der Waals surface area contributed by atoms with Gasteiger partial charge in [0.25, 0.3) is 0 Å². The van der Waals surface area contributed by atoms with Crippen molar-refractivity contribution in [2.75, 3.05) is 0 Å². The zero-order valence-electron chi connectivity index (χ0n) is 18.1. The molecule has 3 atom stereocenters. The summed E-state index contributed by atoms with van der Waals surface area (Å²) in [7, 11) is 0. The van der Waals surface area contributed by atoms with Crippen LogP contribution in [-0.2, 0) is 0 Å². The van der Waals surface area contributed by atoms with Gasteiger partial charge < -0.3 is 14.8 Å². The van der Waals surface area contributed by atoms with Crippen LogP contribution < -0.4 is 4.74 Å². The van der Waals surface area contributed by atoms with Crippen molar-refractivity contribution in [3.63, 3.8) is 0 Å². The van der Waals surface area contributed by atoms with E-state index in [4.69, 9.17) is 4.74 Å². The second-order valence-corrected chi connectivity index (χ2v) is 10.5. The lowest BCUT2D eigenvalue weighted by atomic mass is 9.53. The maximum atomic E-state index is 11.4. The second kappa shape index (κ2) is 6.01. The van der Waals surface area contributed by atoms with Gasteiger partial charge in [-0.25, -0.2) is 0 Å². The molecule has 2 aromatic heterocycles. The molecule has 0 radical (unpaired) electrons. The molecule has 158 valence electrons. The van der Waals surface area contributed by atoms with Gasteiger partial charge in [0.2, 0.25) is 0 Å². The Morgan fingerprint density at radius 3 is 2.58 bits per heavy atom. The van der Waals surface area contributed by atoms with E-state index in [2.05, 4.69) is 48.1 Å². The summed E-state index contributed by atoms with van der Waals surface area (Å²) in [4.78, 5) is 8.01. The molecule has 4 fully saturated rings. The number of hydrogen-bond donors (Lipinski definition) is 2. The molecule has 4 aliphatic rings. The minimum Gasteiger partial charge on any atom is -0.487 e. The van der Waals surface area contributed by atoms with E-state index < -0.39 is 5.60 Å². The fourth-order valence-electron chi connectivity index (χ4n) is 7.51. The highest BCUT2D eigenvalue weighted by Crippen LogP contribution is 2.56. The molecule has 0 aliphatic heterocycles. The van der Waals surface area contributed by atoms with Gasteiger partial charge in [0.15, 0.2) is 0 Å². The largest absolute Gasteiger partial charge is 0.487 e. The number of rotatable bonds is 2. The summed E-state index contributed by atoms with van der Waals surface area (Å²) in [5.41, 5.74) is 4.18. The normalized spacial score (nSPS) is 31.8. The first-order chi connectivity index (χ1) is 15.0. The Morgan fingerprint density at radius 2 is 1.81 bits per heavy atom. The molecule has 4 heteroatoms. The molecule has 8 rings (SSSR count). The number of fused-ring (bicyclic) bond motifs is 4. The van der Waals surface area contributed by atoms with Gasteiger partial charge in [0.1, 0.15) is 17.5 Å². The maximum absolute atomic E-state index is 11.4. The number of nitrogens with one attached hydrogen (secondary N) is 1. The molecule has 2 N–H and O–H groups in total. The summed E-state index contributed by atoms with van der Waals surface area (Å²) >= 11 is 0. The number of ether oxygens (including phenoxy) is 1. The molecule has 0 amide bonds. The van der Waals surface area contributed by atoms with Crippen LogP contribution in [0, 0.1) is 31.6 Å². The third-order valence-corrected chi connectivity index (χ3v) is 8.59. The van der Waals surface area contributed by atoms with Crippen LogP contribution >= 0.6 is 0 Å². The molecule has 0 spiro atoms. The third kappa shape index (κ3) is 2.43. The van der Waals surface area contributed by atoms with Crippen molar-refractivity contribution in [1.82, 2.24) is 9.97 Å². The molecule has 4 aromatic rings. The van der Waals surface area contributed by atoms with Crippen molar-refractivity contribution in [2.24, 2.45) is 17.8 Å². The van der Waals surface area contributed by atoms with E-state index in [0.29, 0.717) is 17.8 Å². The average Bonchev–Trinajstić information content (AvgIpc) is 3.13. The summed E-state index contributed by atoms with van der Waals surface area (Å²) in [6.45, 7) is 4.37. The molecule has 3 unspecified atom stereocenters. The monoisotopic (exact) mass is 412 g/mol. The van der Waals surface area contributed by atoms with Crippen LogP contribution in [0.25, 0.3) is 32.6 Å². The zero-order chi connectivity index (χ0) is 20.9. The van der Waals surface area contributed by atoms with E-state index in [9.17, 15) is 5.11 Å². The lowest BCUT2D eigenvalue weighted by Crippen LogP contribution is -2.62. The van der Waals surface area contributed by atoms with E-state index in [0.717, 1.165) is 24.1 Å². The van der Waals surface area contributed by atoms with Gasteiger partial charge in [0, 0.05) is 34.1 Å². The number of aromatic amines is 1. The summed E-state index contributed by atoms with van der Waals surface area (Å²) in [6, 6.07) is 8.48. The first kappa shape index (κ1) is 18.0. The van der Waals surface area contributed by atoms with E-state index in [1.165, 1.54) is 57.5 Å².